The van der Waals surface area contributed by atoms with Crippen molar-refractivity contribution in [3.8, 4) is 0 Å². The Bertz CT molecular complexity index is 474. The summed E-state index contributed by atoms with van der Waals surface area (Å²) in [6.07, 6.45) is 0.981. The van der Waals surface area contributed by atoms with E-state index in [4.69, 9.17) is 5.73 Å². The van der Waals surface area contributed by atoms with Gasteiger partial charge in [0, 0.05) is 6.04 Å². The molecular weight excluding hydrogens is 182 g/mol. The Morgan fingerprint density at radius 2 is 1.87 bits per heavy atom. The van der Waals surface area contributed by atoms with Crippen molar-refractivity contribution in [2.24, 2.45) is 5.73 Å². The van der Waals surface area contributed by atoms with Crippen molar-refractivity contribution in [1.82, 2.24) is 0 Å². The van der Waals surface area contributed by atoms with Crippen LogP contribution in [0.1, 0.15) is 30.5 Å². The van der Waals surface area contributed by atoms with E-state index in [1.807, 2.05) is 0 Å². The van der Waals surface area contributed by atoms with Crippen molar-refractivity contribution >= 4 is 10.8 Å². The van der Waals surface area contributed by atoms with Crippen LogP contribution in [-0.2, 0) is 0 Å². The molecule has 2 rings (SSSR count). The van der Waals surface area contributed by atoms with Gasteiger partial charge in [-0.2, -0.15) is 0 Å². The third-order valence-corrected chi connectivity index (χ3v) is 3.00. The Balaban J connectivity index is 2.74. The molecule has 0 spiro atoms. The van der Waals surface area contributed by atoms with Gasteiger partial charge in [0.2, 0.25) is 0 Å². The van der Waals surface area contributed by atoms with Gasteiger partial charge in [0.25, 0.3) is 0 Å². The summed E-state index contributed by atoms with van der Waals surface area (Å²) in [5, 5.41) is 2.58. The molecule has 0 amide bonds. The molecule has 0 aliphatic rings. The second kappa shape index (κ2) is 4.03. The van der Waals surface area contributed by atoms with Gasteiger partial charge in [0.15, 0.2) is 0 Å². The molecule has 0 unspecified atom stereocenters. The molecule has 0 aliphatic heterocycles. The maximum atomic E-state index is 6.16. The van der Waals surface area contributed by atoms with E-state index in [1.54, 1.807) is 0 Å². The highest BCUT2D eigenvalue weighted by atomic mass is 14.6. The van der Waals surface area contributed by atoms with E-state index in [0.29, 0.717) is 0 Å². The zero-order valence-corrected chi connectivity index (χ0v) is 9.33. The van der Waals surface area contributed by atoms with Gasteiger partial charge in [-0.1, -0.05) is 43.3 Å². The maximum Gasteiger partial charge on any atom is 0.0301 e. The molecule has 2 aromatic rings. The average Bonchev–Trinajstić information content (AvgIpc) is 2.28. The fourth-order valence-corrected chi connectivity index (χ4v) is 2.10. The molecule has 0 saturated carbocycles. The van der Waals surface area contributed by atoms with Crippen LogP contribution in [0.25, 0.3) is 10.8 Å². The van der Waals surface area contributed by atoms with Crippen molar-refractivity contribution in [3.05, 3.63) is 47.5 Å². The first-order valence-corrected chi connectivity index (χ1v) is 5.48. The van der Waals surface area contributed by atoms with Gasteiger partial charge in [0.1, 0.15) is 0 Å². The number of hydrogen-bond donors (Lipinski definition) is 1. The summed E-state index contributed by atoms with van der Waals surface area (Å²) in [7, 11) is 0. The molecule has 0 radical (unpaired) electrons. The smallest absolute Gasteiger partial charge is 0.0301 e. The molecule has 78 valence electrons. The summed E-state index contributed by atoms with van der Waals surface area (Å²) in [6, 6.07) is 12.9. The van der Waals surface area contributed by atoms with Gasteiger partial charge in [-0.3, -0.25) is 0 Å². The van der Waals surface area contributed by atoms with Crippen LogP contribution in [0.15, 0.2) is 36.4 Å². The van der Waals surface area contributed by atoms with Crippen molar-refractivity contribution in [2.45, 2.75) is 26.3 Å². The summed E-state index contributed by atoms with van der Waals surface area (Å²) >= 11 is 0. The lowest BCUT2D eigenvalue weighted by Gasteiger charge is -2.15. The third-order valence-electron chi connectivity index (χ3n) is 3.00. The van der Waals surface area contributed by atoms with Gasteiger partial charge in [-0.25, -0.2) is 0 Å². The lowest BCUT2D eigenvalue weighted by Crippen LogP contribution is -2.10. The number of rotatable bonds is 2. The maximum absolute atomic E-state index is 6.16. The van der Waals surface area contributed by atoms with Crippen LogP contribution in [-0.4, -0.2) is 0 Å². The second-order valence-corrected chi connectivity index (χ2v) is 4.03. The van der Waals surface area contributed by atoms with Gasteiger partial charge in [-0.05, 0) is 35.2 Å². The van der Waals surface area contributed by atoms with Gasteiger partial charge in [-0.15, -0.1) is 0 Å². The molecule has 0 heterocycles. The fraction of sp³-hybridized carbons (Fsp3) is 0.286. The standard InChI is InChI=1S/C14H17N/c1-3-13(15)14-10(2)8-9-11-6-4-5-7-12(11)14/h4-9,13H,3,15H2,1-2H3/t13-/m1/s1. The second-order valence-electron chi connectivity index (χ2n) is 4.03. The largest absolute Gasteiger partial charge is 0.324 e. The Kier molecular flexibility index (Phi) is 2.74. The van der Waals surface area contributed by atoms with E-state index in [1.165, 1.54) is 21.9 Å². The molecule has 0 fully saturated rings. The first-order chi connectivity index (χ1) is 7.24. The zero-order valence-electron chi connectivity index (χ0n) is 9.33. The molecule has 0 aromatic heterocycles. The van der Waals surface area contributed by atoms with E-state index in [0.717, 1.165) is 6.42 Å². The Morgan fingerprint density at radius 3 is 2.60 bits per heavy atom. The third kappa shape index (κ3) is 1.75. The number of nitrogens with two attached hydrogens (primary N) is 1. The zero-order chi connectivity index (χ0) is 10.8. The summed E-state index contributed by atoms with van der Waals surface area (Å²) in [4.78, 5) is 0. The SMILES string of the molecule is CC[C@@H](N)c1c(C)ccc2ccccc12. The molecule has 0 aliphatic carbocycles. The molecule has 1 heteroatoms. The van der Waals surface area contributed by atoms with Gasteiger partial charge >= 0.3 is 0 Å². The molecule has 2 N–H and O–H groups in total. The van der Waals surface area contributed by atoms with Gasteiger partial charge < -0.3 is 5.73 Å². The van der Waals surface area contributed by atoms with Crippen LogP contribution < -0.4 is 5.73 Å². The van der Waals surface area contributed by atoms with E-state index in [9.17, 15) is 0 Å². The molecule has 0 saturated heterocycles. The average molecular weight is 199 g/mol. The topological polar surface area (TPSA) is 26.0 Å². The van der Waals surface area contributed by atoms with Crippen molar-refractivity contribution in [2.75, 3.05) is 0 Å². The first kappa shape index (κ1) is 10.2. The normalized spacial score (nSPS) is 13.0. The minimum Gasteiger partial charge on any atom is -0.324 e. The van der Waals surface area contributed by atoms with Crippen molar-refractivity contribution < 1.29 is 0 Å². The fourth-order valence-electron chi connectivity index (χ4n) is 2.10. The highest BCUT2D eigenvalue weighted by molar-refractivity contribution is 5.87. The minimum atomic E-state index is 0.149. The number of hydrogen-bond acceptors (Lipinski definition) is 1. The van der Waals surface area contributed by atoms with Gasteiger partial charge in [0.05, 0.1) is 0 Å². The van der Waals surface area contributed by atoms with Crippen molar-refractivity contribution in [1.29, 1.82) is 0 Å². The highest BCUT2D eigenvalue weighted by Gasteiger charge is 2.10. The lowest BCUT2D eigenvalue weighted by atomic mass is 9.93. The quantitative estimate of drug-likeness (QED) is 0.786. The molecule has 1 atom stereocenters. The summed E-state index contributed by atoms with van der Waals surface area (Å²) in [5.74, 6) is 0. The summed E-state index contributed by atoms with van der Waals surface area (Å²) in [6.45, 7) is 4.27. The Labute approximate surface area is 90.9 Å². The minimum absolute atomic E-state index is 0.149. The lowest BCUT2D eigenvalue weighted by molar-refractivity contribution is 0.700. The van der Waals surface area contributed by atoms with E-state index in [2.05, 4.69) is 50.2 Å². The Morgan fingerprint density at radius 1 is 1.13 bits per heavy atom. The number of fused-ring (bicyclic) bond motifs is 1. The van der Waals surface area contributed by atoms with E-state index in [-0.39, 0.29) is 6.04 Å². The summed E-state index contributed by atoms with van der Waals surface area (Å²) in [5.41, 5.74) is 8.76. The molecule has 1 nitrogen and oxygen atoms in total. The number of aryl methyl sites for hydroxylation is 1. The molecule has 0 bridgehead atoms. The van der Waals surface area contributed by atoms with E-state index >= 15 is 0 Å². The van der Waals surface area contributed by atoms with Crippen LogP contribution >= 0.6 is 0 Å². The van der Waals surface area contributed by atoms with Crippen LogP contribution in [0.4, 0.5) is 0 Å². The first-order valence-electron chi connectivity index (χ1n) is 5.48. The molecule has 2 aromatic carbocycles. The van der Waals surface area contributed by atoms with Crippen LogP contribution in [0.5, 0.6) is 0 Å². The predicted molar refractivity (Wildman–Crippen MR) is 65.9 cm³/mol. The predicted octanol–water partition coefficient (Wildman–Crippen LogP) is 3.56. The Hall–Kier alpha value is -1.34. The van der Waals surface area contributed by atoms with Crippen molar-refractivity contribution in [3.63, 3.8) is 0 Å². The number of benzene rings is 2. The molecule has 15 heavy (non-hydrogen) atoms. The highest BCUT2D eigenvalue weighted by Crippen LogP contribution is 2.27. The monoisotopic (exact) mass is 199 g/mol. The molecular formula is C14H17N. The van der Waals surface area contributed by atoms with E-state index < -0.39 is 0 Å². The summed E-state index contributed by atoms with van der Waals surface area (Å²) < 4.78 is 0. The van der Waals surface area contributed by atoms with Crippen LogP contribution in [0, 0.1) is 6.92 Å². The van der Waals surface area contributed by atoms with Crippen LogP contribution in [0.2, 0.25) is 0 Å². The van der Waals surface area contributed by atoms with Crippen LogP contribution in [0.3, 0.4) is 0 Å².